The van der Waals surface area contributed by atoms with Gasteiger partial charge in [0.05, 0.1) is 19.4 Å². The first kappa shape index (κ1) is 20.5. The van der Waals surface area contributed by atoms with Gasteiger partial charge in [0.1, 0.15) is 5.75 Å². The number of nitrogens with one attached hydrogen (secondary N) is 1. The number of rotatable bonds is 3. The second-order valence-electron chi connectivity index (χ2n) is 8.85. The fourth-order valence-electron chi connectivity index (χ4n) is 5.22. The highest BCUT2D eigenvalue weighted by atomic mass is 16.5. The number of hydrogen-bond acceptors (Lipinski definition) is 4. The van der Waals surface area contributed by atoms with Crippen molar-refractivity contribution in [3.05, 3.63) is 29.8 Å². The number of nitrogens with zero attached hydrogens (tertiary/aromatic N) is 3. The van der Waals surface area contributed by atoms with Crippen LogP contribution in [-0.4, -0.2) is 85.5 Å². The van der Waals surface area contributed by atoms with Crippen molar-refractivity contribution in [1.82, 2.24) is 20.0 Å². The van der Waals surface area contributed by atoms with Gasteiger partial charge >= 0.3 is 6.03 Å². The van der Waals surface area contributed by atoms with Crippen LogP contribution < -0.4 is 10.1 Å². The summed E-state index contributed by atoms with van der Waals surface area (Å²) in [6.45, 7) is 2.31. The second kappa shape index (κ2) is 7.81. The zero-order chi connectivity index (χ0) is 21.5. The molecule has 4 rings (SSSR count). The van der Waals surface area contributed by atoms with E-state index < -0.39 is 0 Å². The minimum absolute atomic E-state index is 0.0433. The lowest BCUT2D eigenvalue weighted by atomic mass is 9.75. The lowest BCUT2D eigenvalue weighted by molar-refractivity contribution is -0.132. The van der Waals surface area contributed by atoms with E-state index in [-0.39, 0.29) is 35.2 Å². The molecule has 1 aromatic carbocycles. The van der Waals surface area contributed by atoms with Crippen molar-refractivity contribution in [1.29, 1.82) is 0 Å². The standard InChI is InChI=1S/C22H30N4O4/c1-24(2)21(29)26-13-17-18(14-26)22(23-20(17)28)7-9-25(10-8-22)19(27)12-15-5-4-6-16(11-15)30-3/h4-6,11,17-18H,7-10,12-14H2,1-3H3,(H,23,28)/t17-,18+/m1/s1. The van der Waals surface area contributed by atoms with Crippen LogP contribution in [0, 0.1) is 11.8 Å². The number of piperidine rings is 1. The van der Waals surface area contributed by atoms with Crippen molar-refractivity contribution in [2.24, 2.45) is 11.8 Å². The van der Waals surface area contributed by atoms with E-state index in [1.54, 1.807) is 31.0 Å². The summed E-state index contributed by atoms with van der Waals surface area (Å²) >= 11 is 0. The van der Waals surface area contributed by atoms with E-state index in [0.717, 1.165) is 24.2 Å². The number of methoxy groups -OCH3 is 1. The van der Waals surface area contributed by atoms with Gasteiger partial charge in [0.15, 0.2) is 0 Å². The highest BCUT2D eigenvalue weighted by Crippen LogP contribution is 2.44. The van der Waals surface area contributed by atoms with Crippen LogP contribution >= 0.6 is 0 Å². The van der Waals surface area contributed by atoms with Crippen LogP contribution in [0.25, 0.3) is 0 Å². The number of carbonyl (C=O) groups excluding carboxylic acids is 3. The predicted molar refractivity (Wildman–Crippen MR) is 111 cm³/mol. The lowest BCUT2D eigenvalue weighted by Crippen LogP contribution is -2.56. The highest BCUT2D eigenvalue weighted by Gasteiger charge is 2.58. The Morgan fingerprint density at radius 3 is 2.60 bits per heavy atom. The number of benzene rings is 1. The quantitative estimate of drug-likeness (QED) is 0.799. The van der Waals surface area contributed by atoms with Gasteiger partial charge in [0, 0.05) is 51.7 Å². The molecule has 30 heavy (non-hydrogen) atoms. The third-order valence-corrected chi connectivity index (χ3v) is 6.89. The number of hydrogen-bond donors (Lipinski definition) is 1. The number of fused-ring (bicyclic) bond motifs is 2. The van der Waals surface area contributed by atoms with E-state index in [1.165, 1.54) is 0 Å². The van der Waals surface area contributed by atoms with Gasteiger partial charge in [-0.2, -0.15) is 0 Å². The molecule has 1 spiro atoms. The molecule has 2 atom stereocenters. The molecule has 0 saturated carbocycles. The Labute approximate surface area is 177 Å². The molecule has 0 radical (unpaired) electrons. The molecular weight excluding hydrogens is 384 g/mol. The Bertz CT molecular complexity index is 847. The van der Waals surface area contributed by atoms with Gasteiger partial charge in [0.25, 0.3) is 0 Å². The maximum atomic E-state index is 12.8. The zero-order valence-corrected chi connectivity index (χ0v) is 17.9. The van der Waals surface area contributed by atoms with Crippen LogP contribution in [0.2, 0.25) is 0 Å². The van der Waals surface area contributed by atoms with Crippen LogP contribution in [-0.2, 0) is 16.0 Å². The van der Waals surface area contributed by atoms with E-state index in [0.29, 0.717) is 32.6 Å². The van der Waals surface area contributed by atoms with Crippen molar-refractivity contribution >= 4 is 17.8 Å². The summed E-state index contributed by atoms with van der Waals surface area (Å²) in [5, 5.41) is 3.24. The summed E-state index contributed by atoms with van der Waals surface area (Å²) in [7, 11) is 5.09. The summed E-state index contributed by atoms with van der Waals surface area (Å²) < 4.78 is 5.24. The molecule has 8 heteroatoms. The summed E-state index contributed by atoms with van der Waals surface area (Å²) in [5.74, 6) is 0.855. The molecule has 0 aliphatic carbocycles. The highest BCUT2D eigenvalue weighted by molar-refractivity contribution is 5.85. The van der Waals surface area contributed by atoms with Gasteiger partial charge in [-0.1, -0.05) is 12.1 Å². The fraction of sp³-hybridized carbons (Fsp3) is 0.591. The largest absolute Gasteiger partial charge is 0.497 e. The predicted octanol–water partition coefficient (Wildman–Crippen LogP) is 0.958. The molecule has 8 nitrogen and oxygen atoms in total. The molecule has 3 aliphatic rings. The molecule has 0 bridgehead atoms. The molecule has 1 N–H and O–H groups in total. The van der Waals surface area contributed by atoms with Crippen molar-refractivity contribution in [2.75, 3.05) is 47.4 Å². The van der Waals surface area contributed by atoms with Crippen molar-refractivity contribution in [2.45, 2.75) is 24.8 Å². The van der Waals surface area contributed by atoms with Gasteiger partial charge < -0.3 is 24.8 Å². The Kier molecular flexibility index (Phi) is 5.34. The van der Waals surface area contributed by atoms with Gasteiger partial charge in [-0.3, -0.25) is 9.59 Å². The first-order valence-electron chi connectivity index (χ1n) is 10.5. The van der Waals surface area contributed by atoms with Gasteiger partial charge in [-0.25, -0.2) is 4.79 Å². The molecular formula is C22H30N4O4. The van der Waals surface area contributed by atoms with E-state index in [4.69, 9.17) is 4.74 Å². The molecule has 3 aliphatic heterocycles. The lowest BCUT2D eigenvalue weighted by Gasteiger charge is -2.42. The average Bonchev–Trinajstić information content (AvgIpc) is 3.28. The molecule has 1 aromatic rings. The summed E-state index contributed by atoms with van der Waals surface area (Å²) in [5.41, 5.74) is 0.623. The normalized spacial score (nSPS) is 24.6. The first-order chi connectivity index (χ1) is 14.3. The number of carbonyl (C=O) groups is 3. The molecule has 0 unspecified atom stereocenters. The van der Waals surface area contributed by atoms with Gasteiger partial charge in [-0.05, 0) is 30.5 Å². The Balaban J connectivity index is 1.39. The van der Waals surface area contributed by atoms with Crippen molar-refractivity contribution in [3.63, 3.8) is 0 Å². The minimum Gasteiger partial charge on any atom is -0.497 e. The van der Waals surface area contributed by atoms with E-state index in [1.807, 2.05) is 29.2 Å². The van der Waals surface area contributed by atoms with Crippen molar-refractivity contribution < 1.29 is 19.1 Å². The summed E-state index contributed by atoms with van der Waals surface area (Å²) in [4.78, 5) is 43.1. The van der Waals surface area contributed by atoms with Crippen LogP contribution in [0.1, 0.15) is 18.4 Å². The number of ether oxygens (including phenoxy) is 1. The van der Waals surface area contributed by atoms with E-state index in [2.05, 4.69) is 5.32 Å². The Morgan fingerprint density at radius 2 is 1.93 bits per heavy atom. The average molecular weight is 415 g/mol. The molecule has 3 saturated heterocycles. The number of likely N-dealkylation sites (tertiary alicyclic amines) is 2. The fourth-order valence-corrected chi connectivity index (χ4v) is 5.22. The monoisotopic (exact) mass is 414 g/mol. The van der Waals surface area contributed by atoms with Gasteiger partial charge in [-0.15, -0.1) is 0 Å². The third-order valence-electron chi connectivity index (χ3n) is 6.89. The SMILES string of the molecule is COc1cccc(CC(=O)N2CCC3(CC2)NC(=O)[C@@H]2CN(C(=O)N(C)C)C[C@@H]23)c1. The maximum absolute atomic E-state index is 12.8. The van der Waals surface area contributed by atoms with E-state index >= 15 is 0 Å². The molecule has 3 fully saturated rings. The van der Waals surface area contributed by atoms with Crippen LogP contribution in [0.4, 0.5) is 4.79 Å². The molecule has 3 heterocycles. The van der Waals surface area contributed by atoms with Crippen LogP contribution in [0.3, 0.4) is 0 Å². The van der Waals surface area contributed by atoms with Crippen LogP contribution in [0.5, 0.6) is 5.75 Å². The van der Waals surface area contributed by atoms with E-state index in [9.17, 15) is 14.4 Å². The van der Waals surface area contributed by atoms with Crippen molar-refractivity contribution in [3.8, 4) is 5.75 Å². The van der Waals surface area contributed by atoms with Crippen LogP contribution in [0.15, 0.2) is 24.3 Å². The minimum atomic E-state index is -0.310. The Morgan fingerprint density at radius 1 is 1.20 bits per heavy atom. The zero-order valence-electron chi connectivity index (χ0n) is 17.9. The summed E-state index contributed by atoms with van der Waals surface area (Å²) in [6, 6.07) is 7.53. The molecule has 0 aromatic heterocycles. The molecule has 4 amide bonds. The smallest absolute Gasteiger partial charge is 0.319 e. The molecule has 162 valence electrons. The second-order valence-corrected chi connectivity index (χ2v) is 8.85. The topological polar surface area (TPSA) is 82.2 Å². The number of amides is 4. The summed E-state index contributed by atoms with van der Waals surface area (Å²) in [6.07, 6.45) is 1.80. The maximum Gasteiger partial charge on any atom is 0.319 e. The number of urea groups is 1. The van der Waals surface area contributed by atoms with Gasteiger partial charge in [0.2, 0.25) is 11.8 Å². The third kappa shape index (κ3) is 3.59. The Hall–Kier alpha value is -2.77. The first-order valence-corrected chi connectivity index (χ1v) is 10.5.